The molecule has 1 N–H and O–H groups in total. The van der Waals surface area contributed by atoms with Crippen LogP contribution in [0.1, 0.15) is 17.0 Å². The molecule has 0 atom stereocenters. The molecule has 0 aliphatic heterocycles. The molecule has 3 rings (SSSR count). The SMILES string of the molecule is Cc1cccc(C)c1OCc1nnc(SCC(=O)Nc2ccc(Cl)cc2Cl)n1C. The van der Waals surface area contributed by atoms with Gasteiger partial charge in [0, 0.05) is 12.1 Å². The van der Waals surface area contributed by atoms with Gasteiger partial charge in [-0.3, -0.25) is 4.79 Å². The van der Waals surface area contributed by atoms with E-state index in [9.17, 15) is 4.79 Å². The van der Waals surface area contributed by atoms with Crippen LogP contribution in [0.15, 0.2) is 41.6 Å². The first-order valence-corrected chi connectivity index (χ1v) is 10.5. The summed E-state index contributed by atoms with van der Waals surface area (Å²) < 4.78 is 7.76. The number of para-hydroxylation sites is 1. The maximum absolute atomic E-state index is 12.2. The highest BCUT2D eigenvalue weighted by atomic mass is 35.5. The van der Waals surface area contributed by atoms with E-state index >= 15 is 0 Å². The largest absolute Gasteiger partial charge is 0.485 e. The molecule has 0 spiro atoms. The van der Waals surface area contributed by atoms with Crippen molar-refractivity contribution in [2.24, 2.45) is 7.05 Å². The molecule has 0 bridgehead atoms. The maximum Gasteiger partial charge on any atom is 0.234 e. The molecular formula is C20H20Cl2N4O2S. The van der Waals surface area contributed by atoms with Crippen LogP contribution < -0.4 is 10.1 Å². The summed E-state index contributed by atoms with van der Waals surface area (Å²) in [7, 11) is 1.85. The minimum absolute atomic E-state index is 0.169. The first kappa shape index (κ1) is 21.5. The molecule has 0 aliphatic rings. The van der Waals surface area contributed by atoms with Gasteiger partial charge in [0.05, 0.1) is 16.5 Å². The Morgan fingerprint density at radius 3 is 2.59 bits per heavy atom. The number of nitrogens with one attached hydrogen (secondary N) is 1. The van der Waals surface area contributed by atoms with Gasteiger partial charge in [0.1, 0.15) is 12.4 Å². The van der Waals surface area contributed by atoms with Crippen molar-refractivity contribution in [3.63, 3.8) is 0 Å². The van der Waals surface area contributed by atoms with Gasteiger partial charge in [-0.15, -0.1) is 10.2 Å². The Morgan fingerprint density at radius 2 is 1.90 bits per heavy atom. The molecule has 0 aliphatic carbocycles. The quantitative estimate of drug-likeness (QED) is 0.510. The molecule has 0 saturated carbocycles. The molecule has 6 nitrogen and oxygen atoms in total. The van der Waals surface area contributed by atoms with Gasteiger partial charge in [-0.25, -0.2) is 0 Å². The van der Waals surface area contributed by atoms with Gasteiger partial charge in [0.2, 0.25) is 5.91 Å². The Morgan fingerprint density at radius 1 is 1.17 bits per heavy atom. The Bertz CT molecular complexity index is 1020. The maximum atomic E-state index is 12.2. The number of ether oxygens (including phenoxy) is 1. The lowest BCUT2D eigenvalue weighted by Gasteiger charge is -2.11. The van der Waals surface area contributed by atoms with Crippen molar-refractivity contribution in [3.05, 3.63) is 63.4 Å². The first-order chi connectivity index (χ1) is 13.8. The number of carbonyl (C=O) groups excluding carboxylic acids is 1. The van der Waals surface area contributed by atoms with Crippen LogP contribution in [-0.2, 0) is 18.4 Å². The number of rotatable bonds is 7. The predicted molar refractivity (Wildman–Crippen MR) is 117 cm³/mol. The summed E-state index contributed by atoms with van der Waals surface area (Å²) in [4.78, 5) is 12.2. The van der Waals surface area contributed by atoms with Crippen molar-refractivity contribution in [3.8, 4) is 5.75 Å². The molecule has 152 valence electrons. The molecule has 0 radical (unpaired) electrons. The van der Waals surface area contributed by atoms with Crippen molar-refractivity contribution >= 4 is 46.6 Å². The Hall–Kier alpha value is -2.22. The number of aryl methyl sites for hydroxylation is 2. The topological polar surface area (TPSA) is 69.0 Å². The molecular weight excluding hydrogens is 431 g/mol. The van der Waals surface area contributed by atoms with Gasteiger partial charge in [-0.05, 0) is 43.2 Å². The van der Waals surface area contributed by atoms with E-state index in [2.05, 4.69) is 15.5 Å². The van der Waals surface area contributed by atoms with Gasteiger partial charge >= 0.3 is 0 Å². The van der Waals surface area contributed by atoms with Crippen molar-refractivity contribution in [2.45, 2.75) is 25.6 Å². The van der Waals surface area contributed by atoms with E-state index in [0.29, 0.717) is 33.3 Å². The number of hydrogen-bond acceptors (Lipinski definition) is 5. The van der Waals surface area contributed by atoms with Crippen LogP contribution in [0, 0.1) is 13.8 Å². The van der Waals surface area contributed by atoms with Gasteiger partial charge in [0.15, 0.2) is 11.0 Å². The summed E-state index contributed by atoms with van der Waals surface area (Å²) in [5.41, 5.74) is 2.65. The van der Waals surface area contributed by atoms with E-state index in [-0.39, 0.29) is 11.7 Å². The van der Waals surface area contributed by atoms with Crippen molar-refractivity contribution in [1.29, 1.82) is 0 Å². The van der Waals surface area contributed by atoms with Crippen LogP contribution in [0.25, 0.3) is 0 Å². The number of nitrogens with zero attached hydrogens (tertiary/aromatic N) is 3. The monoisotopic (exact) mass is 450 g/mol. The zero-order chi connectivity index (χ0) is 21.0. The van der Waals surface area contributed by atoms with E-state index in [1.54, 1.807) is 18.2 Å². The molecule has 29 heavy (non-hydrogen) atoms. The summed E-state index contributed by atoms with van der Waals surface area (Å²) in [6.07, 6.45) is 0. The normalized spacial score (nSPS) is 10.8. The molecule has 2 aromatic carbocycles. The van der Waals surface area contributed by atoms with Crippen LogP contribution in [0.2, 0.25) is 10.0 Å². The molecule has 0 unspecified atom stereocenters. The molecule has 1 aromatic heterocycles. The average molecular weight is 451 g/mol. The number of benzene rings is 2. The second-order valence-electron chi connectivity index (χ2n) is 6.43. The zero-order valence-corrected chi connectivity index (χ0v) is 18.5. The van der Waals surface area contributed by atoms with Crippen LogP contribution >= 0.6 is 35.0 Å². The third-order valence-corrected chi connectivity index (χ3v) is 5.79. The second-order valence-corrected chi connectivity index (χ2v) is 8.21. The third-order valence-electron chi connectivity index (χ3n) is 4.22. The second kappa shape index (κ2) is 9.52. The van der Waals surface area contributed by atoms with Crippen LogP contribution in [0.4, 0.5) is 5.69 Å². The Balaban J connectivity index is 1.57. The van der Waals surface area contributed by atoms with E-state index in [1.165, 1.54) is 11.8 Å². The molecule has 3 aromatic rings. The number of hydrogen-bond donors (Lipinski definition) is 1. The smallest absolute Gasteiger partial charge is 0.234 e. The molecule has 1 amide bonds. The third kappa shape index (κ3) is 5.44. The molecule has 1 heterocycles. The van der Waals surface area contributed by atoms with Crippen LogP contribution in [-0.4, -0.2) is 26.4 Å². The molecule has 0 saturated heterocycles. The fourth-order valence-electron chi connectivity index (χ4n) is 2.67. The number of thioether (sulfide) groups is 1. The lowest BCUT2D eigenvalue weighted by molar-refractivity contribution is -0.113. The minimum Gasteiger partial charge on any atom is -0.485 e. The number of halogens is 2. The summed E-state index contributed by atoms with van der Waals surface area (Å²) in [5.74, 6) is 1.50. The van der Waals surface area contributed by atoms with Crippen molar-refractivity contribution < 1.29 is 9.53 Å². The van der Waals surface area contributed by atoms with E-state index < -0.39 is 0 Å². The Kier molecular flexibility index (Phi) is 7.05. The Labute approximate surface area is 183 Å². The molecule has 9 heteroatoms. The highest BCUT2D eigenvalue weighted by Crippen LogP contribution is 2.26. The lowest BCUT2D eigenvalue weighted by atomic mass is 10.1. The zero-order valence-electron chi connectivity index (χ0n) is 16.2. The summed E-state index contributed by atoms with van der Waals surface area (Å²) in [5, 5.41) is 12.6. The van der Waals surface area contributed by atoms with Crippen molar-refractivity contribution in [1.82, 2.24) is 14.8 Å². The summed E-state index contributed by atoms with van der Waals surface area (Å²) in [6, 6.07) is 10.9. The fourth-order valence-corrected chi connectivity index (χ4v) is 3.85. The van der Waals surface area contributed by atoms with Crippen LogP contribution in [0.3, 0.4) is 0 Å². The minimum atomic E-state index is -0.199. The van der Waals surface area contributed by atoms with E-state index in [4.69, 9.17) is 27.9 Å². The van der Waals surface area contributed by atoms with Gasteiger partial charge in [-0.2, -0.15) is 0 Å². The average Bonchev–Trinajstić information content (AvgIpc) is 3.02. The first-order valence-electron chi connectivity index (χ1n) is 8.80. The number of anilines is 1. The van der Waals surface area contributed by atoms with Gasteiger partial charge in [0.25, 0.3) is 0 Å². The van der Waals surface area contributed by atoms with Gasteiger partial charge in [-0.1, -0.05) is 53.2 Å². The summed E-state index contributed by atoms with van der Waals surface area (Å²) in [6.45, 7) is 4.31. The number of carbonyl (C=O) groups is 1. The highest BCUT2D eigenvalue weighted by molar-refractivity contribution is 7.99. The van der Waals surface area contributed by atoms with Crippen molar-refractivity contribution in [2.75, 3.05) is 11.1 Å². The van der Waals surface area contributed by atoms with E-state index in [0.717, 1.165) is 16.9 Å². The number of amides is 1. The highest BCUT2D eigenvalue weighted by Gasteiger charge is 2.14. The summed E-state index contributed by atoms with van der Waals surface area (Å²) >= 11 is 13.2. The fraction of sp³-hybridized carbons (Fsp3) is 0.250. The predicted octanol–water partition coefficient (Wildman–Crippen LogP) is 5.05. The van der Waals surface area contributed by atoms with Crippen LogP contribution in [0.5, 0.6) is 5.75 Å². The molecule has 0 fully saturated rings. The number of aromatic nitrogens is 3. The van der Waals surface area contributed by atoms with E-state index in [1.807, 2.05) is 43.7 Å². The standard InChI is InChI=1S/C20H20Cl2N4O2S/c1-12-5-4-6-13(2)19(12)28-10-17-24-25-20(26(17)3)29-11-18(27)23-16-8-7-14(21)9-15(16)22/h4-9H,10-11H2,1-3H3,(H,23,27). The lowest BCUT2D eigenvalue weighted by Crippen LogP contribution is -2.15. The van der Waals surface area contributed by atoms with Gasteiger partial charge < -0.3 is 14.6 Å².